The van der Waals surface area contributed by atoms with Gasteiger partial charge in [-0.3, -0.25) is 10.1 Å². The van der Waals surface area contributed by atoms with E-state index in [1.807, 2.05) is 42.5 Å². The summed E-state index contributed by atoms with van der Waals surface area (Å²) in [6, 6.07) is 17.0. The Kier molecular flexibility index (Phi) is 7.96. The maximum atomic E-state index is 12.1. The van der Waals surface area contributed by atoms with Crippen LogP contribution in [0.1, 0.15) is 30.9 Å². The van der Waals surface area contributed by atoms with Crippen molar-refractivity contribution >= 4 is 23.7 Å². The molecule has 0 unspecified atom stereocenters. The van der Waals surface area contributed by atoms with Gasteiger partial charge in [0.05, 0.1) is 11.4 Å². The van der Waals surface area contributed by atoms with E-state index in [2.05, 4.69) is 45.2 Å². The number of aryl methyl sites for hydroxylation is 1. The number of tetrazole rings is 1. The number of benzene rings is 2. The van der Waals surface area contributed by atoms with Gasteiger partial charge in [0.2, 0.25) is 11.1 Å². The standard InChI is InChI=1S/C21H24N6O2S/c1-2-3-7-16-10-12-18(13-11-16)27-21(24-25-26-27)30-15-19(28)23-20(29)22-14-17-8-5-4-6-9-17/h4-6,8-13H,2-3,7,14-15H2,1H3,(H2,22,23,28,29). The van der Waals surface area contributed by atoms with Gasteiger partial charge in [-0.05, 0) is 46.5 Å². The fourth-order valence-corrected chi connectivity index (χ4v) is 3.42. The molecule has 0 bridgehead atoms. The number of urea groups is 1. The van der Waals surface area contributed by atoms with Crippen molar-refractivity contribution in [3.8, 4) is 5.69 Å². The molecule has 2 N–H and O–H groups in total. The molecule has 1 aromatic heterocycles. The molecule has 0 spiro atoms. The molecule has 2 aromatic carbocycles. The van der Waals surface area contributed by atoms with Crippen LogP contribution in [0.4, 0.5) is 4.79 Å². The molecule has 0 saturated carbocycles. The fourth-order valence-electron chi connectivity index (χ4n) is 2.73. The van der Waals surface area contributed by atoms with E-state index >= 15 is 0 Å². The second-order valence-corrected chi connectivity index (χ2v) is 7.59. The lowest BCUT2D eigenvalue weighted by molar-refractivity contribution is -0.117. The van der Waals surface area contributed by atoms with Crippen LogP contribution in [-0.2, 0) is 17.8 Å². The van der Waals surface area contributed by atoms with Gasteiger partial charge in [0.25, 0.3) is 0 Å². The van der Waals surface area contributed by atoms with Crippen LogP contribution in [-0.4, -0.2) is 37.9 Å². The molecule has 3 amide bonds. The molecule has 156 valence electrons. The number of rotatable bonds is 9. The monoisotopic (exact) mass is 424 g/mol. The number of nitrogens with zero attached hydrogens (tertiary/aromatic N) is 4. The summed E-state index contributed by atoms with van der Waals surface area (Å²) >= 11 is 1.17. The van der Waals surface area contributed by atoms with Crippen LogP contribution in [0, 0.1) is 0 Å². The number of hydrogen-bond donors (Lipinski definition) is 2. The molecule has 0 atom stereocenters. The number of unbranched alkanes of at least 4 members (excludes halogenated alkanes) is 1. The molecular weight excluding hydrogens is 400 g/mol. The number of amides is 3. The van der Waals surface area contributed by atoms with Gasteiger partial charge < -0.3 is 5.32 Å². The minimum atomic E-state index is -0.535. The number of hydrogen-bond acceptors (Lipinski definition) is 6. The van der Waals surface area contributed by atoms with E-state index in [1.165, 1.54) is 17.3 Å². The van der Waals surface area contributed by atoms with Crippen molar-refractivity contribution in [2.45, 2.75) is 37.9 Å². The number of aromatic nitrogens is 4. The molecule has 9 heteroatoms. The van der Waals surface area contributed by atoms with Gasteiger partial charge >= 0.3 is 6.03 Å². The molecular formula is C21H24N6O2S. The van der Waals surface area contributed by atoms with E-state index in [0.29, 0.717) is 11.7 Å². The first kappa shape index (κ1) is 21.5. The van der Waals surface area contributed by atoms with Crippen LogP contribution >= 0.6 is 11.8 Å². The van der Waals surface area contributed by atoms with Crippen molar-refractivity contribution in [1.82, 2.24) is 30.8 Å². The molecule has 0 radical (unpaired) electrons. The molecule has 0 fully saturated rings. The number of carbonyl (C=O) groups is 2. The summed E-state index contributed by atoms with van der Waals surface area (Å²) in [5, 5.41) is 17.1. The van der Waals surface area contributed by atoms with Crippen LogP contribution in [0.25, 0.3) is 5.69 Å². The Morgan fingerprint density at radius 1 is 1.03 bits per heavy atom. The van der Waals surface area contributed by atoms with Crippen LogP contribution < -0.4 is 10.6 Å². The fraction of sp³-hybridized carbons (Fsp3) is 0.286. The Bertz CT molecular complexity index is 959. The zero-order valence-corrected chi connectivity index (χ0v) is 17.6. The summed E-state index contributed by atoms with van der Waals surface area (Å²) in [6.45, 7) is 2.52. The Balaban J connectivity index is 1.48. The summed E-state index contributed by atoms with van der Waals surface area (Å²) in [6.07, 6.45) is 3.35. The third kappa shape index (κ3) is 6.41. The van der Waals surface area contributed by atoms with E-state index in [-0.39, 0.29) is 5.75 Å². The number of nitrogens with one attached hydrogen (secondary N) is 2. The van der Waals surface area contributed by atoms with E-state index in [4.69, 9.17) is 0 Å². The Hall–Kier alpha value is -3.20. The van der Waals surface area contributed by atoms with E-state index in [9.17, 15) is 9.59 Å². The van der Waals surface area contributed by atoms with Gasteiger partial charge in [-0.2, -0.15) is 4.68 Å². The van der Waals surface area contributed by atoms with Gasteiger partial charge in [0.15, 0.2) is 0 Å². The maximum absolute atomic E-state index is 12.1. The number of imide groups is 1. The van der Waals surface area contributed by atoms with Crippen molar-refractivity contribution < 1.29 is 9.59 Å². The predicted molar refractivity (Wildman–Crippen MR) is 115 cm³/mol. The van der Waals surface area contributed by atoms with Crippen molar-refractivity contribution in [2.75, 3.05) is 5.75 Å². The minimum absolute atomic E-state index is 0.0215. The van der Waals surface area contributed by atoms with Crippen molar-refractivity contribution in [2.24, 2.45) is 0 Å². The highest BCUT2D eigenvalue weighted by Crippen LogP contribution is 2.18. The molecule has 0 aliphatic carbocycles. The molecule has 30 heavy (non-hydrogen) atoms. The van der Waals surface area contributed by atoms with Crippen molar-refractivity contribution in [3.63, 3.8) is 0 Å². The highest BCUT2D eigenvalue weighted by molar-refractivity contribution is 7.99. The van der Waals surface area contributed by atoms with Crippen LogP contribution in [0.15, 0.2) is 59.8 Å². The zero-order valence-electron chi connectivity index (χ0n) is 16.7. The zero-order chi connectivity index (χ0) is 21.2. The van der Waals surface area contributed by atoms with Crippen molar-refractivity contribution in [1.29, 1.82) is 0 Å². The molecule has 8 nitrogen and oxygen atoms in total. The highest BCUT2D eigenvalue weighted by Gasteiger charge is 2.13. The summed E-state index contributed by atoms with van der Waals surface area (Å²) in [5.74, 6) is -0.400. The van der Waals surface area contributed by atoms with Crippen LogP contribution in [0.2, 0.25) is 0 Å². The number of thioether (sulfide) groups is 1. The molecule has 1 heterocycles. The Morgan fingerprint density at radius 2 is 1.80 bits per heavy atom. The van der Waals surface area contributed by atoms with E-state index in [1.54, 1.807) is 4.68 Å². The SMILES string of the molecule is CCCCc1ccc(-n2nnnc2SCC(=O)NC(=O)NCc2ccccc2)cc1. The third-order valence-electron chi connectivity index (χ3n) is 4.32. The summed E-state index contributed by atoms with van der Waals surface area (Å²) < 4.78 is 1.58. The molecule has 0 aliphatic rings. The van der Waals surface area contributed by atoms with Gasteiger partial charge in [-0.25, -0.2) is 4.79 Å². The number of carbonyl (C=O) groups excluding carboxylic acids is 2. The first-order valence-corrected chi connectivity index (χ1v) is 10.8. The second kappa shape index (κ2) is 11.1. The summed E-state index contributed by atoms with van der Waals surface area (Å²) in [4.78, 5) is 24.0. The predicted octanol–water partition coefficient (Wildman–Crippen LogP) is 3.12. The lowest BCUT2D eigenvalue weighted by Crippen LogP contribution is -2.40. The first-order chi connectivity index (χ1) is 14.7. The highest BCUT2D eigenvalue weighted by atomic mass is 32.2. The largest absolute Gasteiger partial charge is 0.334 e. The van der Waals surface area contributed by atoms with E-state index in [0.717, 1.165) is 30.5 Å². The lowest BCUT2D eigenvalue weighted by atomic mass is 10.1. The van der Waals surface area contributed by atoms with Gasteiger partial charge in [-0.15, -0.1) is 5.10 Å². The molecule has 0 saturated heterocycles. The average Bonchev–Trinajstić information content (AvgIpc) is 3.24. The van der Waals surface area contributed by atoms with Crippen LogP contribution in [0.5, 0.6) is 0 Å². The molecule has 3 rings (SSSR count). The first-order valence-electron chi connectivity index (χ1n) is 9.78. The normalized spacial score (nSPS) is 10.6. The second-order valence-electron chi connectivity index (χ2n) is 6.65. The average molecular weight is 425 g/mol. The topological polar surface area (TPSA) is 102 Å². The lowest BCUT2D eigenvalue weighted by Gasteiger charge is -2.07. The third-order valence-corrected chi connectivity index (χ3v) is 5.24. The van der Waals surface area contributed by atoms with Crippen molar-refractivity contribution in [3.05, 3.63) is 65.7 Å². The van der Waals surface area contributed by atoms with Gasteiger partial charge in [0, 0.05) is 6.54 Å². The summed E-state index contributed by atoms with van der Waals surface area (Å²) in [7, 11) is 0. The van der Waals surface area contributed by atoms with Crippen LogP contribution in [0.3, 0.4) is 0 Å². The Morgan fingerprint density at radius 3 is 2.53 bits per heavy atom. The maximum Gasteiger partial charge on any atom is 0.321 e. The molecule has 3 aromatic rings. The van der Waals surface area contributed by atoms with Gasteiger partial charge in [-0.1, -0.05) is 67.6 Å². The van der Waals surface area contributed by atoms with Gasteiger partial charge in [0.1, 0.15) is 0 Å². The Labute approximate surface area is 179 Å². The minimum Gasteiger partial charge on any atom is -0.334 e. The summed E-state index contributed by atoms with van der Waals surface area (Å²) in [5.41, 5.74) is 3.04. The smallest absolute Gasteiger partial charge is 0.321 e. The van der Waals surface area contributed by atoms with E-state index < -0.39 is 11.9 Å². The molecule has 0 aliphatic heterocycles. The quantitative estimate of drug-likeness (QED) is 0.512.